The number of hydrogen-bond donors (Lipinski definition) is 0. The van der Waals surface area contributed by atoms with Gasteiger partial charge in [0.15, 0.2) is 0 Å². The molecule has 0 aromatic heterocycles. The van der Waals surface area contributed by atoms with Crippen LogP contribution in [-0.4, -0.2) is 6.10 Å². The molecule has 1 aromatic carbocycles. The summed E-state index contributed by atoms with van der Waals surface area (Å²) in [5.41, 5.74) is 0. The molecular formula is C13H17BrO. The number of halogens is 1. The predicted molar refractivity (Wildman–Crippen MR) is 66.2 cm³/mol. The maximum Gasteiger partial charge on any atom is 0.120 e. The lowest BCUT2D eigenvalue weighted by Gasteiger charge is -2.27. The number of benzene rings is 1. The molecule has 0 amide bonds. The third-order valence-corrected chi connectivity index (χ3v) is 3.48. The summed E-state index contributed by atoms with van der Waals surface area (Å²) in [7, 11) is 0. The Kier molecular flexibility index (Phi) is 3.68. The Balaban J connectivity index is 1.96. The van der Waals surface area contributed by atoms with Crippen molar-refractivity contribution < 1.29 is 4.74 Å². The van der Waals surface area contributed by atoms with E-state index in [1.165, 1.54) is 25.7 Å². The van der Waals surface area contributed by atoms with Gasteiger partial charge in [0, 0.05) is 4.47 Å². The van der Waals surface area contributed by atoms with E-state index in [-0.39, 0.29) is 0 Å². The standard InChI is InChI=1S/C13H17BrO/c1-10-4-2-6-12(8-10)15-13-7-3-5-11(14)9-13/h3,5,7,9-10,12H,2,4,6,8H2,1H3. The van der Waals surface area contributed by atoms with Crippen molar-refractivity contribution in [2.45, 2.75) is 38.7 Å². The van der Waals surface area contributed by atoms with Crippen LogP contribution in [0.3, 0.4) is 0 Å². The van der Waals surface area contributed by atoms with E-state index in [0.717, 1.165) is 16.1 Å². The topological polar surface area (TPSA) is 9.23 Å². The molecule has 0 aliphatic heterocycles. The molecule has 0 saturated heterocycles. The van der Waals surface area contributed by atoms with Crippen molar-refractivity contribution in [2.75, 3.05) is 0 Å². The first-order valence-electron chi connectivity index (χ1n) is 5.66. The lowest BCUT2D eigenvalue weighted by Crippen LogP contribution is -2.23. The van der Waals surface area contributed by atoms with Crippen LogP contribution in [0.25, 0.3) is 0 Å². The first-order valence-corrected chi connectivity index (χ1v) is 6.45. The highest BCUT2D eigenvalue weighted by Crippen LogP contribution is 2.28. The summed E-state index contributed by atoms with van der Waals surface area (Å²) in [5, 5.41) is 0. The largest absolute Gasteiger partial charge is 0.490 e. The normalized spacial score (nSPS) is 26.3. The fraction of sp³-hybridized carbons (Fsp3) is 0.538. The maximum absolute atomic E-state index is 5.98. The van der Waals surface area contributed by atoms with E-state index in [2.05, 4.69) is 22.9 Å². The van der Waals surface area contributed by atoms with Crippen molar-refractivity contribution in [1.82, 2.24) is 0 Å². The summed E-state index contributed by atoms with van der Waals surface area (Å²) in [6.07, 6.45) is 5.49. The van der Waals surface area contributed by atoms with Gasteiger partial charge in [0.05, 0.1) is 6.10 Å². The number of hydrogen-bond acceptors (Lipinski definition) is 1. The van der Waals surface area contributed by atoms with E-state index in [1.807, 2.05) is 24.3 Å². The zero-order valence-corrected chi connectivity index (χ0v) is 10.7. The first-order chi connectivity index (χ1) is 7.24. The Bertz CT molecular complexity index is 324. The van der Waals surface area contributed by atoms with Crippen molar-refractivity contribution >= 4 is 15.9 Å². The third-order valence-electron chi connectivity index (χ3n) is 2.99. The van der Waals surface area contributed by atoms with E-state index in [4.69, 9.17) is 4.74 Å². The minimum Gasteiger partial charge on any atom is -0.490 e. The van der Waals surface area contributed by atoms with Gasteiger partial charge < -0.3 is 4.74 Å². The first kappa shape index (κ1) is 11.0. The summed E-state index contributed by atoms with van der Waals surface area (Å²) in [5.74, 6) is 1.80. The molecule has 2 heteroatoms. The van der Waals surface area contributed by atoms with E-state index in [1.54, 1.807) is 0 Å². The molecule has 1 aromatic rings. The van der Waals surface area contributed by atoms with Crippen LogP contribution >= 0.6 is 15.9 Å². The summed E-state index contributed by atoms with van der Waals surface area (Å²) in [6.45, 7) is 2.32. The molecule has 2 rings (SSSR count). The molecule has 82 valence electrons. The average Bonchev–Trinajstić information content (AvgIpc) is 2.17. The van der Waals surface area contributed by atoms with Crippen LogP contribution in [0.15, 0.2) is 28.7 Å². The molecular weight excluding hydrogens is 252 g/mol. The Morgan fingerprint density at radius 2 is 2.20 bits per heavy atom. The van der Waals surface area contributed by atoms with Gasteiger partial charge in [-0.25, -0.2) is 0 Å². The van der Waals surface area contributed by atoms with Gasteiger partial charge >= 0.3 is 0 Å². The van der Waals surface area contributed by atoms with Crippen molar-refractivity contribution in [3.05, 3.63) is 28.7 Å². The molecule has 0 radical (unpaired) electrons. The Labute approximate surface area is 100.0 Å². The molecule has 2 unspecified atom stereocenters. The Hall–Kier alpha value is -0.500. The van der Waals surface area contributed by atoms with Gasteiger partial charge in [0.2, 0.25) is 0 Å². The molecule has 1 fully saturated rings. The molecule has 15 heavy (non-hydrogen) atoms. The van der Waals surface area contributed by atoms with Gasteiger partial charge in [-0.1, -0.05) is 35.3 Å². The number of rotatable bonds is 2. The van der Waals surface area contributed by atoms with Crippen LogP contribution in [0.2, 0.25) is 0 Å². The minimum atomic E-state index is 0.419. The molecule has 0 N–H and O–H groups in total. The van der Waals surface area contributed by atoms with E-state index in [9.17, 15) is 0 Å². The maximum atomic E-state index is 5.98. The van der Waals surface area contributed by atoms with Crippen molar-refractivity contribution in [2.24, 2.45) is 5.92 Å². The summed E-state index contributed by atoms with van der Waals surface area (Å²) >= 11 is 3.46. The van der Waals surface area contributed by atoms with Crippen LogP contribution < -0.4 is 4.74 Å². The Morgan fingerprint density at radius 1 is 1.33 bits per heavy atom. The summed E-state index contributed by atoms with van der Waals surface area (Å²) < 4.78 is 7.06. The second-order valence-electron chi connectivity index (χ2n) is 4.47. The highest BCUT2D eigenvalue weighted by molar-refractivity contribution is 9.10. The molecule has 2 atom stereocenters. The van der Waals surface area contributed by atoms with Gasteiger partial charge in [-0.15, -0.1) is 0 Å². The lowest BCUT2D eigenvalue weighted by atomic mass is 9.89. The van der Waals surface area contributed by atoms with Crippen LogP contribution in [0.5, 0.6) is 5.75 Å². The van der Waals surface area contributed by atoms with Gasteiger partial charge in [-0.2, -0.15) is 0 Å². The quantitative estimate of drug-likeness (QED) is 0.772. The van der Waals surface area contributed by atoms with E-state index >= 15 is 0 Å². The molecule has 1 nitrogen and oxygen atoms in total. The zero-order chi connectivity index (χ0) is 10.7. The van der Waals surface area contributed by atoms with Gasteiger partial charge in [0.1, 0.15) is 5.75 Å². The van der Waals surface area contributed by atoms with Crippen LogP contribution in [0.4, 0.5) is 0 Å². The zero-order valence-electron chi connectivity index (χ0n) is 9.08. The van der Waals surface area contributed by atoms with Gasteiger partial charge in [-0.05, 0) is 43.4 Å². The van der Waals surface area contributed by atoms with Crippen molar-refractivity contribution in [1.29, 1.82) is 0 Å². The SMILES string of the molecule is CC1CCCC(Oc2cccc(Br)c2)C1. The predicted octanol–water partition coefficient (Wildman–Crippen LogP) is 4.41. The molecule has 1 aliphatic rings. The molecule has 1 saturated carbocycles. The molecule has 1 aliphatic carbocycles. The van der Waals surface area contributed by atoms with Crippen LogP contribution in [0, 0.1) is 5.92 Å². The van der Waals surface area contributed by atoms with Gasteiger partial charge in [0.25, 0.3) is 0 Å². The smallest absolute Gasteiger partial charge is 0.120 e. The van der Waals surface area contributed by atoms with Gasteiger partial charge in [-0.3, -0.25) is 0 Å². The average molecular weight is 269 g/mol. The van der Waals surface area contributed by atoms with Crippen molar-refractivity contribution in [3.8, 4) is 5.75 Å². The second kappa shape index (κ2) is 5.02. The summed E-state index contributed by atoms with van der Waals surface area (Å²) in [4.78, 5) is 0. The molecule has 0 heterocycles. The third kappa shape index (κ3) is 3.23. The van der Waals surface area contributed by atoms with Crippen LogP contribution in [-0.2, 0) is 0 Å². The molecule has 0 spiro atoms. The second-order valence-corrected chi connectivity index (χ2v) is 5.38. The Morgan fingerprint density at radius 3 is 2.93 bits per heavy atom. The summed E-state index contributed by atoms with van der Waals surface area (Å²) in [6, 6.07) is 8.12. The van der Waals surface area contributed by atoms with Crippen LogP contribution in [0.1, 0.15) is 32.6 Å². The van der Waals surface area contributed by atoms with E-state index < -0.39 is 0 Å². The number of ether oxygens (including phenoxy) is 1. The van der Waals surface area contributed by atoms with Crippen molar-refractivity contribution in [3.63, 3.8) is 0 Å². The minimum absolute atomic E-state index is 0.419. The van der Waals surface area contributed by atoms with E-state index in [0.29, 0.717) is 6.10 Å². The highest BCUT2D eigenvalue weighted by atomic mass is 79.9. The monoisotopic (exact) mass is 268 g/mol. The molecule has 0 bridgehead atoms. The lowest BCUT2D eigenvalue weighted by molar-refractivity contribution is 0.129. The fourth-order valence-corrected chi connectivity index (χ4v) is 2.60. The highest BCUT2D eigenvalue weighted by Gasteiger charge is 2.19. The fourth-order valence-electron chi connectivity index (χ4n) is 2.22.